The first-order valence-corrected chi connectivity index (χ1v) is 38.6. The Labute approximate surface area is 657 Å². The van der Waals surface area contributed by atoms with Gasteiger partial charge in [0.15, 0.2) is 0 Å². The predicted molar refractivity (Wildman–Crippen MR) is 421 cm³/mol. The van der Waals surface area contributed by atoms with Crippen molar-refractivity contribution in [3.63, 3.8) is 0 Å². The average molecular weight is 1540 g/mol. The highest BCUT2D eigenvalue weighted by molar-refractivity contribution is 6.09. The average Bonchev–Trinajstić information content (AvgIpc) is 1.83. The molecule has 0 saturated carbocycles. The molecule has 4 aromatic heterocycles. The summed E-state index contributed by atoms with van der Waals surface area (Å²) in [6.45, 7) is 11.9. The molecule has 580 valence electrons. The number of nitrogens with one attached hydrogen (secondary N) is 1. The maximum absolute atomic E-state index is 15.1. The number of aliphatic imine (C=N–C) groups is 3. The van der Waals surface area contributed by atoms with Crippen LogP contribution in [0.1, 0.15) is 89.0 Å². The molecule has 27 nitrogen and oxygen atoms in total. The Kier molecular flexibility index (Phi) is 23.5. The minimum Gasteiger partial charge on any atom is -0.489 e. The summed E-state index contributed by atoms with van der Waals surface area (Å²) < 4.78 is 70.1. The van der Waals surface area contributed by atoms with Gasteiger partial charge in [-0.1, -0.05) is 12.1 Å². The minimum absolute atomic E-state index is 0.0391. The van der Waals surface area contributed by atoms with Crippen molar-refractivity contribution >= 4 is 57.3 Å². The maximum atomic E-state index is 15.1. The number of aromatic nitrogens is 7. The van der Waals surface area contributed by atoms with Gasteiger partial charge in [0.05, 0.1) is 132 Å². The lowest BCUT2D eigenvalue weighted by Gasteiger charge is -2.32. The molecule has 6 fully saturated rings. The van der Waals surface area contributed by atoms with Crippen LogP contribution in [-0.4, -0.2) is 211 Å². The number of morpholine rings is 3. The van der Waals surface area contributed by atoms with Crippen molar-refractivity contribution in [2.24, 2.45) is 15.0 Å². The molecule has 0 spiro atoms. The van der Waals surface area contributed by atoms with Gasteiger partial charge >= 0.3 is 0 Å². The van der Waals surface area contributed by atoms with Crippen molar-refractivity contribution < 1.29 is 51.8 Å². The fourth-order valence-corrected chi connectivity index (χ4v) is 15.3. The molecule has 0 radical (unpaired) electrons. The SMILES string of the molecule is N#Cc1cc(-c2ncnc3c2N=C(c2ccc(N4CCOCC4)c(F)c2)C3)ccc1OC1CCN(C(=O)CO)CC1.N#Cc1cc(-c2ncnc3c2N=C(c2ccc(N4CCOCC4)c(F)c2)C3)ccc1OC1CCOCC1.N#Cc1cc(-c2ncnc3c2N=C(c2ccc(N4CCOCC4)nc2)C3)ccc1OC1CCNCC1. The van der Waals surface area contributed by atoms with Gasteiger partial charge in [-0.25, -0.2) is 58.6 Å². The molecule has 6 saturated heterocycles. The summed E-state index contributed by atoms with van der Waals surface area (Å²) in [6.07, 6.45) is 12.7. The largest absolute Gasteiger partial charge is 0.489 e. The zero-order chi connectivity index (χ0) is 77.9. The van der Waals surface area contributed by atoms with Crippen molar-refractivity contribution in [3.8, 4) is 69.2 Å². The van der Waals surface area contributed by atoms with Gasteiger partial charge in [-0.2, -0.15) is 15.8 Å². The normalized spacial score (nSPS) is 17.6. The van der Waals surface area contributed by atoms with E-state index in [1.807, 2.05) is 76.7 Å². The van der Waals surface area contributed by atoms with Crippen molar-refractivity contribution in [1.82, 2.24) is 45.1 Å². The minimum atomic E-state index is -0.498. The number of likely N-dealkylation sites (tertiary alicyclic amines) is 1. The van der Waals surface area contributed by atoms with Crippen LogP contribution >= 0.6 is 0 Å². The lowest BCUT2D eigenvalue weighted by atomic mass is 10.0. The standard InChI is InChI=1S/C30H29FN6O4.C28H26FN5O3.C27H27N7O2/c31-23-14-19(1-3-26(23)36-9-11-40-12-10-36)24-15-25-30(35-24)29(34-18-33-25)20-2-4-27(21(13-20)16-32)41-22-5-7-37(8-6-22)28(39)17-38;29-22-14-18(1-3-25(22)34-7-11-36-12-8-34)23-15-24-28(33-23)27(32-17-31-24)19-2-4-26(20(13-19)16-30)37-21-5-9-35-10-6-21;28-15-20-13-18(1-3-24(20)36-21-5-7-29-8-6-21)26-27-23(31-17-32-26)14-22(33-27)19-2-4-25(30-16-19)34-9-11-35-12-10-34/h1-4,13-14,18,22,38H,5-12,15,17H2;1-4,13-14,17,21H,5-12,15H2;1-4,13,16-17,21,29H,5-12,14H2. The second-order valence-corrected chi connectivity index (χ2v) is 28.6. The molecule has 29 heteroatoms. The maximum Gasteiger partial charge on any atom is 0.248 e. The number of ether oxygens (including phenoxy) is 7. The smallest absolute Gasteiger partial charge is 0.248 e. The summed E-state index contributed by atoms with van der Waals surface area (Å²) in [6, 6.07) is 37.8. The molecule has 13 heterocycles. The van der Waals surface area contributed by atoms with Crippen LogP contribution in [0.3, 0.4) is 0 Å². The molecule has 18 rings (SSSR count). The van der Waals surface area contributed by atoms with Crippen molar-refractivity contribution in [2.45, 2.75) is 76.1 Å². The lowest BCUT2D eigenvalue weighted by molar-refractivity contribution is -0.135. The van der Waals surface area contributed by atoms with Crippen LogP contribution in [-0.2, 0) is 43.0 Å². The molecule has 2 N–H and O–H groups in total. The number of piperidine rings is 2. The fraction of sp³-hybridized carbons (Fsp3) is 0.365. The number of halogens is 2. The van der Waals surface area contributed by atoms with Gasteiger partial charge in [0.1, 0.15) is 114 Å². The number of rotatable bonds is 16. The third kappa shape index (κ3) is 17.1. The molecular weight excluding hydrogens is 1460 g/mol. The van der Waals surface area contributed by atoms with Crippen molar-refractivity contribution in [3.05, 3.63) is 190 Å². The molecule has 0 unspecified atom stereocenters. The third-order valence-corrected chi connectivity index (χ3v) is 21.5. The first-order valence-electron chi connectivity index (χ1n) is 38.6. The highest BCUT2D eigenvalue weighted by Crippen LogP contribution is 2.42. The lowest BCUT2D eigenvalue weighted by Crippen LogP contribution is -2.42. The number of fused-ring (bicyclic) bond motifs is 3. The summed E-state index contributed by atoms with van der Waals surface area (Å²) >= 11 is 0. The number of pyridine rings is 1. The first kappa shape index (κ1) is 75.9. The molecule has 0 aliphatic carbocycles. The molecule has 9 aromatic rings. The number of amides is 1. The predicted octanol–water partition coefficient (Wildman–Crippen LogP) is 10.3. The Morgan fingerprint density at radius 3 is 1.21 bits per heavy atom. The van der Waals surface area contributed by atoms with E-state index in [4.69, 9.17) is 53.2 Å². The van der Waals surface area contributed by atoms with E-state index < -0.39 is 6.61 Å². The van der Waals surface area contributed by atoms with Crippen LogP contribution in [0.25, 0.3) is 33.8 Å². The highest BCUT2D eigenvalue weighted by atomic mass is 19.1. The summed E-state index contributed by atoms with van der Waals surface area (Å²) in [7, 11) is 0. The summed E-state index contributed by atoms with van der Waals surface area (Å²) in [4.78, 5) is 65.6. The van der Waals surface area contributed by atoms with Gasteiger partial charge in [0, 0.05) is 126 Å². The van der Waals surface area contributed by atoms with Gasteiger partial charge in [0.25, 0.3) is 0 Å². The summed E-state index contributed by atoms with van der Waals surface area (Å²) in [5.74, 6) is 1.74. The molecule has 0 atom stereocenters. The van der Waals surface area contributed by atoms with E-state index in [0.717, 1.165) is 133 Å². The summed E-state index contributed by atoms with van der Waals surface area (Å²) in [5.41, 5.74) is 15.8. The van der Waals surface area contributed by atoms with Crippen LogP contribution in [0.15, 0.2) is 143 Å². The zero-order valence-electron chi connectivity index (χ0n) is 62.7. The van der Waals surface area contributed by atoms with Gasteiger partial charge in [0.2, 0.25) is 5.91 Å². The van der Waals surface area contributed by atoms with E-state index in [1.165, 1.54) is 18.7 Å². The van der Waals surface area contributed by atoms with Gasteiger partial charge in [-0.3, -0.25) is 4.79 Å². The molecule has 0 bridgehead atoms. The molecule has 1 amide bonds. The number of carbonyl (C=O) groups is 1. The van der Waals surface area contributed by atoms with Crippen LogP contribution in [0, 0.1) is 45.6 Å². The van der Waals surface area contributed by atoms with Gasteiger partial charge < -0.3 is 63.2 Å². The number of anilines is 3. The monoisotopic (exact) mass is 1540 g/mol. The third-order valence-electron chi connectivity index (χ3n) is 21.5. The van der Waals surface area contributed by atoms with E-state index in [-0.39, 0.29) is 35.9 Å². The number of aliphatic hydroxyl groups is 1. The summed E-state index contributed by atoms with van der Waals surface area (Å²) in [5, 5.41) is 41.9. The Hall–Kier alpha value is -12.1. The Bertz CT molecular complexity index is 5280. The van der Waals surface area contributed by atoms with E-state index in [2.05, 4.69) is 69.4 Å². The Balaban J connectivity index is 0.000000129. The molecule has 9 aliphatic rings. The van der Waals surface area contributed by atoms with Gasteiger partial charge in [-0.15, -0.1) is 0 Å². The number of aliphatic hydroxyl groups excluding tert-OH is 1. The number of hydrogen-bond donors (Lipinski definition) is 2. The number of benzene rings is 5. The van der Waals surface area contributed by atoms with Gasteiger partial charge in [-0.05, 0) is 128 Å². The van der Waals surface area contributed by atoms with E-state index in [1.54, 1.807) is 41.6 Å². The molecular formula is C85H82F2N18O9. The number of carbonyl (C=O) groups excluding carboxylic acids is 1. The van der Waals surface area contributed by atoms with Crippen molar-refractivity contribution in [1.29, 1.82) is 15.8 Å². The second-order valence-electron chi connectivity index (χ2n) is 28.6. The Morgan fingerprint density at radius 1 is 0.439 bits per heavy atom. The quantitative estimate of drug-likeness (QED) is 0.0908. The van der Waals surface area contributed by atoms with Crippen molar-refractivity contribution in [2.75, 3.05) is 140 Å². The highest BCUT2D eigenvalue weighted by Gasteiger charge is 2.31. The number of nitriles is 3. The number of hydrogen-bond acceptors (Lipinski definition) is 26. The van der Waals surface area contributed by atoms with Crippen LogP contribution in [0.2, 0.25) is 0 Å². The van der Waals surface area contributed by atoms with E-state index in [9.17, 15) is 20.6 Å². The molecule has 9 aliphatic heterocycles. The Morgan fingerprint density at radius 2 is 0.816 bits per heavy atom. The van der Waals surface area contributed by atoms with Crippen LogP contribution in [0.5, 0.6) is 17.2 Å². The first-order chi connectivity index (χ1) is 56.0. The zero-order valence-corrected chi connectivity index (χ0v) is 62.7. The van der Waals surface area contributed by atoms with E-state index >= 15 is 8.78 Å². The number of nitrogens with zero attached hydrogens (tertiary/aromatic N) is 17. The van der Waals surface area contributed by atoms with E-state index in [0.29, 0.717) is 196 Å². The molecule has 114 heavy (non-hydrogen) atoms. The second kappa shape index (κ2) is 35.3. The topological polar surface area (TPSA) is 326 Å². The fourth-order valence-electron chi connectivity index (χ4n) is 15.3. The van der Waals surface area contributed by atoms with Crippen LogP contribution < -0.4 is 34.2 Å². The molecule has 5 aromatic carbocycles. The van der Waals surface area contributed by atoms with Crippen LogP contribution in [0.4, 0.5) is 43.0 Å².